The van der Waals surface area contributed by atoms with Crippen LogP contribution in [-0.2, 0) is 4.74 Å². The van der Waals surface area contributed by atoms with Crippen LogP contribution < -0.4 is 0 Å². The van der Waals surface area contributed by atoms with Crippen LogP contribution in [0.25, 0.3) is 0 Å². The third-order valence-corrected chi connectivity index (χ3v) is 11.0. The maximum atomic E-state index is 12.3. The van der Waals surface area contributed by atoms with Gasteiger partial charge in [0.2, 0.25) is 0 Å². The van der Waals surface area contributed by atoms with Crippen LogP contribution >= 0.6 is 35.1 Å². The summed E-state index contributed by atoms with van der Waals surface area (Å²) >= 11 is 9.54. The molecule has 158 valence electrons. The van der Waals surface area contributed by atoms with Gasteiger partial charge in [0.05, 0.1) is 22.6 Å². The Morgan fingerprint density at radius 2 is 1.54 bits per heavy atom. The van der Waals surface area contributed by atoms with E-state index in [4.69, 9.17) is 16.3 Å². The molecule has 0 spiro atoms. The number of nitro benzene ring substituents is 1. The molecule has 0 saturated heterocycles. The van der Waals surface area contributed by atoms with Crippen molar-refractivity contribution in [2.45, 2.75) is 61.2 Å². The molecule has 0 N–H and O–H groups in total. The average molecular weight is 480 g/mol. The molecule has 0 aliphatic rings. The molecule has 0 aliphatic heterocycles. The van der Waals surface area contributed by atoms with Crippen LogP contribution in [0.2, 0.25) is 56.4 Å². The minimum Gasteiger partial charge on any atom is -0.465 e. The third-order valence-electron chi connectivity index (χ3n) is 3.96. The Balaban J connectivity index is 3.34. The summed E-state index contributed by atoms with van der Waals surface area (Å²) < 4.78 is 4.85. The van der Waals surface area contributed by atoms with E-state index in [0.29, 0.717) is 14.8 Å². The highest BCUT2D eigenvalue weighted by molar-refractivity contribution is 8.00. The van der Waals surface area contributed by atoms with Crippen molar-refractivity contribution in [3.8, 4) is 0 Å². The van der Waals surface area contributed by atoms with Crippen LogP contribution in [0.15, 0.2) is 15.9 Å². The number of nitro groups is 1. The van der Waals surface area contributed by atoms with Gasteiger partial charge >= 0.3 is 5.97 Å². The van der Waals surface area contributed by atoms with Crippen molar-refractivity contribution in [3.63, 3.8) is 0 Å². The summed E-state index contributed by atoms with van der Waals surface area (Å²) in [5.41, 5.74) is 0.0508. The molecule has 0 fully saturated rings. The molecule has 0 saturated carbocycles. The Kier molecular flexibility index (Phi) is 9.60. The lowest BCUT2D eigenvalue weighted by Crippen LogP contribution is -2.20. The Hall–Kier alpha value is -0.486. The van der Waals surface area contributed by atoms with Crippen molar-refractivity contribution >= 4 is 62.9 Å². The van der Waals surface area contributed by atoms with Gasteiger partial charge in [-0.25, -0.2) is 4.79 Å². The second-order valence-electron chi connectivity index (χ2n) is 8.98. The summed E-state index contributed by atoms with van der Waals surface area (Å²) in [7, 11) is -1.25. The molecule has 0 heterocycles. The molecule has 10 heteroatoms. The normalized spacial score (nSPS) is 12.1. The number of rotatable bonds is 10. The molecule has 0 unspecified atom stereocenters. The van der Waals surface area contributed by atoms with Gasteiger partial charge in [-0.1, -0.05) is 50.9 Å². The van der Waals surface area contributed by atoms with Crippen LogP contribution in [-0.4, -0.2) is 45.7 Å². The molecule has 1 aromatic rings. The van der Waals surface area contributed by atoms with Crippen LogP contribution in [0.5, 0.6) is 0 Å². The van der Waals surface area contributed by atoms with E-state index in [0.717, 1.165) is 23.6 Å². The molecule has 28 heavy (non-hydrogen) atoms. The SMILES string of the molecule is COC(=O)c1cc([N+](=O)[O-])c(SCC[Si](C)(C)C)c(Cl)c1SCC[Si](C)(C)C. The number of thioether (sulfide) groups is 2. The Morgan fingerprint density at radius 1 is 1.07 bits per heavy atom. The molecule has 0 atom stereocenters. The number of carbonyl (C=O) groups excluding carboxylic acids is 1. The lowest BCUT2D eigenvalue weighted by atomic mass is 10.2. The fourth-order valence-corrected chi connectivity index (χ4v) is 9.95. The molecule has 0 aromatic heterocycles. The monoisotopic (exact) mass is 479 g/mol. The molecular formula is C18H30ClNO4S2Si2. The van der Waals surface area contributed by atoms with Gasteiger partial charge < -0.3 is 4.74 Å². The zero-order valence-corrected chi connectivity index (χ0v) is 22.1. The van der Waals surface area contributed by atoms with Crippen LogP contribution in [0.4, 0.5) is 5.69 Å². The molecular weight excluding hydrogens is 450 g/mol. The van der Waals surface area contributed by atoms with E-state index >= 15 is 0 Å². The van der Waals surface area contributed by atoms with Crippen molar-refractivity contribution in [1.29, 1.82) is 0 Å². The number of benzene rings is 1. The number of carbonyl (C=O) groups is 1. The number of esters is 1. The van der Waals surface area contributed by atoms with E-state index < -0.39 is 27.0 Å². The summed E-state index contributed by atoms with van der Waals surface area (Å²) in [6, 6.07) is 3.41. The Morgan fingerprint density at radius 3 is 1.93 bits per heavy atom. The van der Waals surface area contributed by atoms with Crippen molar-refractivity contribution in [2.75, 3.05) is 18.6 Å². The highest BCUT2D eigenvalue weighted by atomic mass is 35.5. The summed E-state index contributed by atoms with van der Waals surface area (Å²) in [6.45, 7) is 13.6. The second-order valence-corrected chi connectivity index (χ2v) is 22.8. The lowest BCUT2D eigenvalue weighted by molar-refractivity contribution is -0.387. The summed E-state index contributed by atoms with van der Waals surface area (Å²) in [4.78, 5) is 24.5. The summed E-state index contributed by atoms with van der Waals surface area (Å²) in [5.74, 6) is 0.988. The number of methoxy groups -OCH3 is 1. The van der Waals surface area contributed by atoms with Gasteiger partial charge in [-0.2, -0.15) is 0 Å². The number of ether oxygens (including phenoxy) is 1. The number of halogens is 1. The number of nitrogens with zero attached hydrogens (tertiary/aromatic N) is 1. The predicted molar refractivity (Wildman–Crippen MR) is 127 cm³/mol. The van der Waals surface area contributed by atoms with E-state index in [-0.39, 0.29) is 11.3 Å². The smallest absolute Gasteiger partial charge is 0.339 e. The first-order valence-corrected chi connectivity index (χ1v) is 18.9. The quantitative estimate of drug-likeness (QED) is 0.119. The third kappa shape index (κ3) is 8.10. The minimum atomic E-state index is -1.27. The number of hydrogen-bond donors (Lipinski definition) is 0. The number of hydrogen-bond acceptors (Lipinski definition) is 6. The van der Waals surface area contributed by atoms with E-state index in [2.05, 4.69) is 39.3 Å². The largest absolute Gasteiger partial charge is 0.465 e. The van der Waals surface area contributed by atoms with Crippen LogP contribution in [0, 0.1) is 10.1 Å². The van der Waals surface area contributed by atoms with Crippen molar-refractivity contribution in [3.05, 3.63) is 26.8 Å². The van der Waals surface area contributed by atoms with Gasteiger partial charge in [-0.15, -0.1) is 23.5 Å². The standard InChI is InChI=1S/C18H30ClNO4S2Si2/c1-24-18(21)13-12-14(20(22)23)17(26-9-11-28(5,6)7)15(19)16(13)25-8-10-27(2,3)4/h12H,8-11H2,1-7H3. The first-order chi connectivity index (χ1) is 12.8. The average Bonchev–Trinajstić information content (AvgIpc) is 2.54. The van der Waals surface area contributed by atoms with E-state index in [9.17, 15) is 14.9 Å². The van der Waals surface area contributed by atoms with Crippen molar-refractivity contribution in [2.24, 2.45) is 0 Å². The van der Waals surface area contributed by atoms with Gasteiger partial charge in [0.15, 0.2) is 0 Å². The topological polar surface area (TPSA) is 69.4 Å². The highest BCUT2D eigenvalue weighted by Gasteiger charge is 2.28. The molecule has 0 amide bonds. The molecule has 0 aliphatic carbocycles. The summed E-state index contributed by atoms with van der Waals surface area (Å²) in [5, 5.41) is 11.9. The van der Waals surface area contributed by atoms with Crippen LogP contribution in [0.3, 0.4) is 0 Å². The van der Waals surface area contributed by atoms with Gasteiger partial charge in [0, 0.05) is 27.1 Å². The molecule has 5 nitrogen and oxygen atoms in total. The fraction of sp³-hybridized carbons (Fsp3) is 0.611. The highest BCUT2D eigenvalue weighted by Crippen LogP contribution is 2.45. The maximum Gasteiger partial charge on any atom is 0.339 e. The van der Waals surface area contributed by atoms with Gasteiger partial charge in [-0.3, -0.25) is 10.1 Å². The van der Waals surface area contributed by atoms with Crippen molar-refractivity contribution in [1.82, 2.24) is 0 Å². The first kappa shape index (κ1) is 25.6. The second kappa shape index (κ2) is 10.5. The predicted octanol–water partition coefficient (Wildman–Crippen LogP) is 6.90. The molecule has 0 radical (unpaired) electrons. The molecule has 0 bridgehead atoms. The summed E-state index contributed by atoms with van der Waals surface area (Å²) in [6.07, 6.45) is 0. The van der Waals surface area contributed by atoms with E-state index in [1.54, 1.807) is 0 Å². The zero-order chi connectivity index (χ0) is 21.7. The van der Waals surface area contributed by atoms with Crippen LogP contribution in [0.1, 0.15) is 10.4 Å². The zero-order valence-electron chi connectivity index (χ0n) is 17.7. The first-order valence-electron chi connectivity index (χ1n) is 9.11. The molecule has 1 rings (SSSR count). The van der Waals surface area contributed by atoms with Crippen molar-refractivity contribution < 1.29 is 14.5 Å². The lowest BCUT2D eigenvalue weighted by Gasteiger charge is -2.18. The Labute approximate surface area is 183 Å². The molecule has 1 aromatic carbocycles. The van der Waals surface area contributed by atoms with Gasteiger partial charge in [-0.05, 0) is 23.6 Å². The minimum absolute atomic E-state index is 0.125. The van der Waals surface area contributed by atoms with E-state index in [1.165, 1.54) is 36.7 Å². The maximum absolute atomic E-state index is 12.3. The fourth-order valence-electron chi connectivity index (χ4n) is 2.20. The van der Waals surface area contributed by atoms with Gasteiger partial charge in [0.25, 0.3) is 5.69 Å². The van der Waals surface area contributed by atoms with E-state index in [1.807, 2.05) is 0 Å². The Bertz CT molecular complexity index is 734. The van der Waals surface area contributed by atoms with Gasteiger partial charge in [0.1, 0.15) is 4.90 Å².